The third-order valence-electron chi connectivity index (χ3n) is 5.57. The molecule has 3 rings (SSSR count). The second kappa shape index (κ2) is 10.1. The predicted octanol–water partition coefficient (Wildman–Crippen LogP) is 3.38. The molecule has 2 aromatic carbocycles. The molecular formula is C24H31FN2O5S. The molecule has 1 heterocycles. The van der Waals surface area contributed by atoms with Gasteiger partial charge in [0.2, 0.25) is 15.9 Å². The van der Waals surface area contributed by atoms with E-state index in [9.17, 15) is 17.6 Å². The number of carbonyl (C=O) groups is 1. The highest BCUT2D eigenvalue weighted by Crippen LogP contribution is 2.32. The van der Waals surface area contributed by atoms with Crippen molar-refractivity contribution in [3.63, 3.8) is 0 Å². The quantitative estimate of drug-likeness (QED) is 0.607. The summed E-state index contributed by atoms with van der Waals surface area (Å²) in [4.78, 5) is 12.9. The van der Waals surface area contributed by atoms with Gasteiger partial charge in [-0.25, -0.2) is 12.8 Å². The Labute approximate surface area is 194 Å². The van der Waals surface area contributed by atoms with E-state index in [1.165, 1.54) is 18.2 Å². The topological polar surface area (TPSA) is 93.7 Å². The van der Waals surface area contributed by atoms with Crippen LogP contribution in [0.2, 0.25) is 0 Å². The highest BCUT2D eigenvalue weighted by molar-refractivity contribution is 7.89. The first kappa shape index (κ1) is 25.0. The molecule has 1 aliphatic heterocycles. The molecule has 9 heteroatoms. The molecule has 0 aromatic heterocycles. The Bertz CT molecular complexity index is 1100. The van der Waals surface area contributed by atoms with E-state index in [1.807, 2.05) is 13.8 Å². The Morgan fingerprint density at radius 1 is 1.09 bits per heavy atom. The molecule has 0 radical (unpaired) electrons. The zero-order valence-corrected chi connectivity index (χ0v) is 20.2. The second-order valence-electron chi connectivity index (χ2n) is 9.08. The van der Waals surface area contributed by atoms with Crippen molar-refractivity contribution in [1.82, 2.24) is 10.0 Å². The van der Waals surface area contributed by atoms with Crippen molar-refractivity contribution in [2.75, 3.05) is 19.8 Å². The number of fused-ring (bicyclic) bond motifs is 1. The average Bonchev–Trinajstić information content (AvgIpc) is 3.01. The van der Waals surface area contributed by atoms with Crippen LogP contribution in [-0.2, 0) is 20.2 Å². The fraction of sp³-hybridized carbons (Fsp3) is 0.458. The summed E-state index contributed by atoms with van der Waals surface area (Å²) in [6.45, 7) is 8.21. The van der Waals surface area contributed by atoms with E-state index in [2.05, 4.69) is 10.0 Å². The first-order chi connectivity index (χ1) is 15.5. The zero-order valence-electron chi connectivity index (χ0n) is 19.4. The normalized spacial score (nSPS) is 15.1. The van der Waals surface area contributed by atoms with Crippen LogP contribution in [0, 0.1) is 11.7 Å². The molecule has 0 bridgehead atoms. The molecular weight excluding hydrogens is 447 g/mol. The molecule has 0 fully saturated rings. The van der Waals surface area contributed by atoms with Gasteiger partial charge in [0.15, 0.2) is 11.5 Å². The van der Waals surface area contributed by atoms with Gasteiger partial charge in [0, 0.05) is 24.4 Å². The van der Waals surface area contributed by atoms with Crippen molar-refractivity contribution in [3.05, 3.63) is 53.8 Å². The maximum atomic E-state index is 14.2. The van der Waals surface area contributed by atoms with Gasteiger partial charge in [-0.1, -0.05) is 45.9 Å². The predicted molar refractivity (Wildman–Crippen MR) is 123 cm³/mol. The summed E-state index contributed by atoms with van der Waals surface area (Å²) in [7, 11) is -4.01. The van der Waals surface area contributed by atoms with E-state index in [1.54, 1.807) is 38.1 Å². The molecule has 1 atom stereocenters. The molecule has 2 N–H and O–H groups in total. The lowest BCUT2D eigenvalue weighted by Gasteiger charge is -2.28. The largest absolute Gasteiger partial charge is 0.490 e. The van der Waals surface area contributed by atoms with E-state index in [-0.39, 0.29) is 23.2 Å². The van der Waals surface area contributed by atoms with Crippen LogP contribution < -0.4 is 19.5 Å². The molecule has 180 valence electrons. The number of nitrogens with one attached hydrogen (secondary N) is 2. The number of benzene rings is 2. The highest BCUT2D eigenvalue weighted by Gasteiger charge is 2.31. The van der Waals surface area contributed by atoms with Crippen molar-refractivity contribution in [3.8, 4) is 11.5 Å². The van der Waals surface area contributed by atoms with Crippen LogP contribution in [-0.4, -0.2) is 40.1 Å². The van der Waals surface area contributed by atoms with Gasteiger partial charge in [-0.15, -0.1) is 0 Å². The van der Waals surface area contributed by atoms with Crippen molar-refractivity contribution < 1.29 is 27.1 Å². The molecule has 7 nitrogen and oxygen atoms in total. The van der Waals surface area contributed by atoms with Crippen molar-refractivity contribution in [2.24, 2.45) is 5.92 Å². The second-order valence-corrected chi connectivity index (χ2v) is 10.8. The lowest BCUT2D eigenvalue weighted by molar-refractivity contribution is -0.123. The van der Waals surface area contributed by atoms with Gasteiger partial charge in [-0.2, -0.15) is 4.72 Å². The fourth-order valence-electron chi connectivity index (χ4n) is 3.56. The van der Waals surface area contributed by atoms with Crippen molar-refractivity contribution >= 4 is 15.9 Å². The van der Waals surface area contributed by atoms with E-state index in [4.69, 9.17) is 9.47 Å². The maximum absolute atomic E-state index is 14.2. The molecule has 0 saturated carbocycles. The van der Waals surface area contributed by atoms with Gasteiger partial charge in [0.1, 0.15) is 11.9 Å². The number of hydrogen-bond acceptors (Lipinski definition) is 5. The molecule has 1 amide bonds. The molecule has 0 spiro atoms. The molecule has 1 aliphatic rings. The third kappa shape index (κ3) is 6.03. The van der Waals surface area contributed by atoms with E-state index in [0.717, 1.165) is 0 Å². The van der Waals surface area contributed by atoms with Gasteiger partial charge in [0.05, 0.1) is 18.1 Å². The molecule has 0 aliphatic carbocycles. The van der Waals surface area contributed by atoms with E-state index >= 15 is 0 Å². The number of rotatable bonds is 8. The zero-order chi connectivity index (χ0) is 24.2. The molecule has 33 heavy (non-hydrogen) atoms. The number of carbonyl (C=O) groups excluding carboxylic acids is 1. The smallest absolute Gasteiger partial charge is 0.241 e. The first-order valence-corrected chi connectivity index (χ1v) is 12.4. The number of ether oxygens (including phenoxy) is 2. The van der Waals surface area contributed by atoms with Crippen molar-refractivity contribution in [1.29, 1.82) is 0 Å². The number of sulfonamides is 1. The number of amides is 1. The summed E-state index contributed by atoms with van der Waals surface area (Å²) >= 11 is 0. The van der Waals surface area contributed by atoms with Crippen LogP contribution >= 0.6 is 0 Å². The minimum atomic E-state index is -4.01. The van der Waals surface area contributed by atoms with Crippen LogP contribution in [0.1, 0.15) is 39.7 Å². The van der Waals surface area contributed by atoms with Gasteiger partial charge >= 0.3 is 0 Å². The average molecular weight is 479 g/mol. The maximum Gasteiger partial charge on any atom is 0.241 e. The summed E-state index contributed by atoms with van der Waals surface area (Å²) in [5.41, 5.74) is -0.213. The summed E-state index contributed by atoms with van der Waals surface area (Å²) in [6, 6.07) is 9.76. The summed E-state index contributed by atoms with van der Waals surface area (Å²) in [5, 5.41) is 2.79. The third-order valence-corrected chi connectivity index (χ3v) is 7.01. The first-order valence-electron chi connectivity index (χ1n) is 11.0. The van der Waals surface area contributed by atoms with Crippen molar-refractivity contribution in [2.45, 2.75) is 50.5 Å². The Morgan fingerprint density at radius 3 is 2.42 bits per heavy atom. The van der Waals surface area contributed by atoms with Crippen LogP contribution in [0.4, 0.5) is 4.39 Å². The molecule has 2 aromatic rings. The Balaban J connectivity index is 1.74. The van der Waals surface area contributed by atoms with Crippen LogP contribution in [0.5, 0.6) is 11.5 Å². The number of hydrogen-bond donors (Lipinski definition) is 2. The molecule has 1 unspecified atom stereocenters. The number of halogens is 1. The van der Waals surface area contributed by atoms with Gasteiger partial charge in [-0.05, 0) is 29.7 Å². The minimum absolute atomic E-state index is 0.0168. The van der Waals surface area contributed by atoms with Crippen LogP contribution in [0.3, 0.4) is 0 Å². The van der Waals surface area contributed by atoms with Crippen LogP contribution in [0.15, 0.2) is 47.4 Å². The molecule has 0 saturated heterocycles. The minimum Gasteiger partial charge on any atom is -0.490 e. The fourth-order valence-corrected chi connectivity index (χ4v) is 4.92. The van der Waals surface area contributed by atoms with Gasteiger partial charge in [-0.3, -0.25) is 4.79 Å². The SMILES string of the molecule is CC(C)C(NS(=O)(=O)c1ccc2c(c1)OCCCO2)C(=O)NCC(C)(C)c1ccccc1F. The van der Waals surface area contributed by atoms with E-state index < -0.39 is 27.4 Å². The van der Waals surface area contributed by atoms with Gasteiger partial charge in [0.25, 0.3) is 0 Å². The highest BCUT2D eigenvalue weighted by atomic mass is 32.2. The van der Waals surface area contributed by atoms with Gasteiger partial charge < -0.3 is 14.8 Å². The summed E-state index contributed by atoms with van der Waals surface area (Å²) < 4.78 is 54.0. The summed E-state index contributed by atoms with van der Waals surface area (Å²) in [6.07, 6.45) is 0.702. The Kier molecular flexibility index (Phi) is 7.64. The standard InChI is InChI=1S/C24H31FN2O5S/c1-16(2)22(23(28)26-15-24(3,4)18-8-5-6-9-19(18)25)27-33(29,30)17-10-11-20-21(14-17)32-13-7-12-31-20/h5-6,8-11,14,16,22,27H,7,12-13,15H2,1-4H3,(H,26,28). The lowest BCUT2D eigenvalue weighted by Crippen LogP contribution is -2.51. The van der Waals surface area contributed by atoms with E-state index in [0.29, 0.717) is 36.7 Å². The van der Waals surface area contributed by atoms with Crippen LogP contribution in [0.25, 0.3) is 0 Å². The monoisotopic (exact) mass is 478 g/mol. The Morgan fingerprint density at radius 2 is 1.76 bits per heavy atom. The Hall–Kier alpha value is -2.65. The lowest BCUT2D eigenvalue weighted by atomic mass is 9.84. The summed E-state index contributed by atoms with van der Waals surface area (Å²) in [5.74, 6) is -0.316.